The monoisotopic (exact) mass is 316 g/mol. The molecule has 1 heterocycles. The largest absolute Gasteiger partial charge is 0.489 e. The maximum absolute atomic E-state index is 12.6. The van der Waals surface area contributed by atoms with Gasteiger partial charge in [0.15, 0.2) is 5.75 Å². The predicted octanol–water partition coefficient (Wildman–Crippen LogP) is 1.35. The first kappa shape index (κ1) is 14.4. The van der Waals surface area contributed by atoms with Gasteiger partial charge in [-0.2, -0.15) is 0 Å². The molecule has 0 radical (unpaired) electrons. The number of nitrogens with one attached hydrogen (secondary N) is 1. The smallest absolute Gasteiger partial charge is 0.306 e. The third kappa shape index (κ3) is 2.52. The second-order valence-electron chi connectivity index (χ2n) is 6.75. The van der Waals surface area contributed by atoms with Crippen molar-refractivity contribution in [3.8, 4) is 5.75 Å². The number of carbonyl (C=O) groups is 2. The normalized spacial score (nSPS) is 30.9. The van der Waals surface area contributed by atoms with Gasteiger partial charge >= 0.3 is 5.97 Å². The average Bonchev–Trinajstić information content (AvgIpc) is 3.40. The van der Waals surface area contributed by atoms with Crippen molar-refractivity contribution in [1.82, 2.24) is 5.32 Å². The number of amides is 1. The van der Waals surface area contributed by atoms with Crippen molar-refractivity contribution >= 4 is 17.6 Å². The van der Waals surface area contributed by atoms with Gasteiger partial charge in [-0.25, -0.2) is 0 Å². The van der Waals surface area contributed by atoms with Gasteiger partial charge < -0.3 is 20.1 Å². The van der Waals surface area contributed by atoms with E-state index in [1.54, 1.807) is 6.07 Å². The molecule has 2 fully saturated rings. The lowest BCUT2D eigenvalue weighted by Gasteiger charge is -2.28. The third-order valence-corrected chi connectivity index (χ3v) is 5.19. The van der Waals surface area contributed by atoms with E-state index >= 15 is 0 Å². The molecule has 122 valence electrons. The van der Waals surface area contributed by atoms with E-state index in [1.807, 2.05) is 19.2 Å². The lowest BCUT2D eigenvalue weighted by Crippen LogP contribution is -2.32. The summed E-state index contributed by atoms with van der Waals surface area (Å²) < 4.78 is 5.70. The van der Waals surface area contributed by atoms with Crippen LogP contribution in [0, 0.1) is 17.8 Å². The number of fused-ring (bicyclic) bond motifs is 1. The van der Waals surface area contributed by atoms with E-state index in [2.05, 4.69) is 10.2 Å². The fourth-order valence-corrected chi connectivity index (χ4v) is 3.63. The maximum atomic E-state index is 12.6. The van der Waals surface area contributed by atoms with E-state index in [0.717, 1.165) is 25.1 Å². The number of likely N-dealkylation sites (N-methyl/N-ethyl adjacent to an activating group) is 1. The van der Waals surface area contributed by atoms with E-state index in [1.165, 1.54) is 0 Å². The Balaban J connectivity index is 1.43. The van der Waals surface area contributed by atoms with Crippen molar-refractivity contribution in [2.24, 2.45) is 17.8 Å². The minimum Gasteiger partial charge on any atom is -0.489 e. The molecule has 2 saturated carbocycles. The lowest BCUT2D eigenvalue weighted by atomic mass is 10.1. The van der Waals surface area contributed by atoms with Gasteiger partial charge in [-0.1, -0.05) is 6.07 Å². The zero-order valence-corrected chi connectivity index (χ0v) is 13.0. The summed E-state index contributed by atoms with van der Waals surface area (Å²) in [4.78, 5) is 25.6. The van der Waals surface area contributed by atoms with E-state index in [4.69, 9.17) is 9.84 Å². The van der Waals surface area contributed by atoms with Crippen LogP contribution in [0.25, 0.3) is 0 Å². The summed E-state index contributed by atoms with van der Waals surface area (Å²) in [5, 5.41) is 12.0. The number of carboxylic acid groups (broad SMARTS) is 1. The number of hydrogen-bond donors (Lipinski definition) is 2. The first-order valence-corrected chi connectivity index (χ1v) is 8.07. The maximum Gasteiger partial charge on any atom is 0.306 e. The summed E-state index contributed by atoms with van der Waals surface area (Å²) in [5.74, 6) is 0.167. The average molecular weight is 316 g/mol. The van der Waals surface area contributed by atoms with Crippen LogP contribution in [0.15, 0.2) is 18.2 Å². The number of rotatable bonds is 4. The molecule has 1 aromatic carbocycles. The van der Waals surface area contributed by atoms with Crippen LogP contribution in [0.3, 0.4) is 0 Å². The Morgan fingerprint density at radius 2 is 2.13 bits per heavy atom. The summed E-state index contributed by atoms with van der Waals surface area (Å²) in [6.45, 7) is 1.38. The van der Waals surface area contributed by atoms with Gasteiger partial charge in [0.05, 0.1) is 23.7 Å². The molecule has 0 spiro atoms. The molecule has 2 aliphatic carbocycles. The Bertz CT molecular complexity index is 675. The van der Waals surface area contributed by atoms with E-state index < -0.39 is 5.97 Å². The van der Waals surface area contributed by atoms with Gasteiger partial charge in [-0.05, 0) is 36.8 Å². The molecule has 6 heteroatoms. The van der Waals surface area contributed by atoms with Gasteiger partial charge in [-0.15, -0.1) is 0 Å². The number of anilines is 1. The highest BCUT2D eigenvalue weighted by molar-refractivity contribution is 5.99. The topological polar surface area (TPSA) is 78.9 Å². The van der Waals surface area contributed by atoms with Crippen molar-refractivity contribution in [2.45, 2.75) is 18.9 Å². The molecule has 2 N–H and O–H groups in total. The summed E-state index contributed by atoms with van der Waals surface area (Å²) in [7, 11) is 1.99. The summed E-state index contributed by atoms with van der Waals surface area (Å²) in [5.41, 5.74) is 1.50. The molecule has 23 heavy (non-hydrogen) atoms. The number of aliphatic carboxylic acids is 1. The second kappa shape index (κ2) is 5.15. The molecule has 0 bridgehead atoms. The van der Waals surface area contributed by atoms with Crippen molar-refractivity contribution in [2.75, 3.05) is 25.1 Å². The Kier molecular flexibility index (Phi) is 3.21. The minimum atomic E-state index is -0.708. The molecule has 0 unspecified atom stereocenters. The molecule has 1 aromatic rings. The zero-order valence-electron chi connectivity index (χ0n) is 13.0. The number of benzene rings is 1. The SMILES string of the molecule is CN1CCOc2c(C(=O)N[C@@H]3C[C@@H]3[C@@H]3C[C@@H]3C(=O)O)cccc21. The summed E-state index contributed by atoms with van der Waals surface area (Å²) in [6.07, 6.45) is 1.64. The van der Waals surface area contributed by atoms with Crippen LogP contribution in [-0.2, 0) is 4.79 Å². The number of hydrogen-bond acceptors (Lipinski definition) is 4. The van der Waals surface area contributed by atoms with Gasteiger partial charge in [0.1, 0.15) is 6.61 Å². The summed E-state index contributed by atoms with van der Waals surface area (Å²) >= 11 is 0. The van der Waals surface area contributed by atoms with Crippen molar-refractivity contribution in [1.29, 1.82) is 0 Å². The first-order valence-electron chi connectivity index (χ1n) is 8.07. The predicted molar refractivity (Wildman–Crippen MR) is 83.8 cm³/mol. The van der Waals surface area contributed by atoms with Crippen LogP contribution in [0.5, 0.6) is 5.75 Å². The molecule has 1 aliphatic heterocycles. The Hall–Kier alpha value is -2.24. The van der Waals surface area contributed by atoms with Crippen LogP contribution in [-0.4, -0.2) is 43.2 Å². The highest BCUT2D eigenvalue weighted by Crippen LogP contribution is 2.54. The molecule has 1 amide bonds. The van der Waals surface area contributed by atoms with Crippen LogP contribution in [0.2, 0.25) is 0 Å². The van der Waals surface area contributed by atoms with Gasteiger partial charge in [-0.3, -0.25) is 9.59 Å². The Labute approximate surface area is 134 Å². The van der Waals surface area contributed by atoms with E-state index in [-0.39, 0.29) is 23.8 Å². The molecule has 3 aliphatic rings. The molecule has 4 atom stereocenters. The molecule has 6 nitrogen and oxygen atoms in total. The van der Waals surface area contributed by atoms with Crippen LogP contribution in [0.4, 0.5) is 5.69 Å². The number of nitrogens with zero attached hydrogens (tertiary/aromatic N) is 1. The fraction of sp³-hybridized carbons (Fsp3) is 0.529. The molecule has 0 aromatic heterocycles. The fourth-order valence-electron chi connectivity index (χ4n) is 3.63. The quantitative estimate of drug-likeness (QED) is 0.877. The van der Waals surface area contributed by atoms with Crippen molar-refractivity contribution in [3.05, 3.63) is 23.8 Å². The first-order chi connectivity index (χ1) is 11.1. The summed E-state index contributed by atoms with van der Waals surface area (Å²) in [6, 6.07) is 5.70. The molecular weight excluding hydrogens is 296 g/mol. The molecule has 0 saturated heterocycles. The number of ether oxygens (including phenoxy) is 1. The van der Waals surface area contributed by atoms with Crippen molar-refractivity contribution < 1.29 is 19.4 Å². The molecular formula is C17H20N2O4. The van der Waals surface area contributed by atoms with Crippen molar-refractivity contribution in [3.63, 3.8) is 0 Å². The van der Waals surface area contributed by atoms with E-state index in [0.29, 0.717) is 23.8 Å². The highest BCUT2D eigenvalue weighted by Gasteiger charge is 2.56. The zero-order chi connectivity index (χ0) is 16.1. The van der Waals surface area contributed by atoms with Gasteiger partial charge in [0.2, 0.25) is 0 Å². The van der Waals surface area contributed by atoms with Gasteiger partial charge in [0.25, 0.3) is 5.91 Å². The highest BCUT2D eigenvalue weighted by atomic mass is 16.5. The lowest BCUT2D eigenvalue weighted by molar-refractivity contribution is -0.138. The van der Waals surface area contributed by atoms with E-state index in [9.17, 15) is 9.59 Å². The number of carboxylic acids is 1. The number of para-hydroxylation sites is 1. The Morgan fingerprint density at radius 3 is 2.87 bits per heavy atom. The number of carbonyl (C=O) groups excluding carboxylic acids is 1. The second-order valence-corrected chi connectivity index (χ2v) is 6.75. The van der Waals surface area contributed by atoms with Crippen LogP contribution < -0.4 is 15.0 Å². The van der Waals surface area contributed by atoms with Crippen LogP contribution in [0.1, 0.15) is 23.2 Å². The third-order valence-electron chi connectivity index (χ3n) is 5.19. The minimum absolute atomic E-state index is 0.106. The molecule has 4 rings (SSSR count). The standard InChI is InChI=1S/C17H20N2O4/c1-19-5-6-23-15-9(3-2-4-14(15)19)16(20)18-13-8-11(13)10-7-12(10)17(21)22/h2-4,10-13H,5-8H2,1H3,(H,18,20)(H,21,22)/t10-,11+,12-,13+/m0/s1. The Morgan fingerprint density at radius 1 is 1.30 bits per heavy atom. The van der Waals surface area contributed by atoms with Crippen LogP contribution >= 0.6 is 0 Å². The van der Waals surface area contributed by atoms with Gasteiger partial charge in [0, 0.05) is 13.1 Å².